The summed E-state index contributed by atoms with van der Waals surface area (Å²) in [6.45, 7) is 9.08. The van der Waals surface area contributed by atoms with E-state index in [0.717, 1.165) is 37.0 Å². The van der Waals surface area contributed by atoms with Gasteiger partial charge in [0.05, 0.1) is 11.4 Å². The number of fused-ring (bicyclic) bond motifs is 4. The minimum atomic E-state index is -0.108. The smallest absolute Gasteiger partial charge is 0.195 e. The Kier molecular flexibility index (Phi) is 5.30. The van der Waals surface area contributed by atoms with Gasteiger partial charge in [-0.2, -0.15) is 0 Å². The second-order valence-corrected chi connectivity index (χ2v) is 12.2. The van der Waals surface area contributed by atoms with Crippen molar-refractivity contribution in [2.75, 3.05) is 4.90 Å². The molecule has 2 nitrogen and oxygen atoms in total. The molecule has 0 unspecified atom stereocenters. The minimum Gasteiger partial charge on any atom is -0.309 e. The highest BCUT2D eigenvalue weighted by Gasteiger charge is 2.38. The zero-order valence-corrected chi connectivity index (χ0v) is 23.4. The number of hydrogen-bond donors (Lipinski definition) is 0. The number of aryl methyl sites for hydroxylation is 2. The van der Waals surface area contributed by atoms with E-state index in [2.05, 4.69) is 111 Å². The molecule has 2 heterocycles. The topological polar surface area (TPSA) is 20.3 Å². The van der Waals surface area contributed by atoms with Crippen LogP contribution >= 0.6 is 11.3 Å². The predicted molar refractivity (Wildman–Crippen MR) is 167 cm³/mol. The lowest BCUT2D eigenvalue weighted by atomic mass is 9.72. The van der Waals surface area contributed by atoms with Gasteiger partial charge < -0.3 is 4.90 Å². The molecule has 0 radical (unpaired) electrons. The molecular formula is C36H29NOS. The van der Waals surface area contributed by atoms with Crippen LogP contribution in [0.5, 0.6) is 0 Å². The van der Waals surface area contributed by atoms with Crippen LogP contribution in [0.15, 0.2) is 108 Å². The molecule has 7 rings (SSSR count). The van der Waals surface area contributed by atoms with Gasteiger partial charge in [0, 0.05) is 31.3 Å². The van der Waals surface area contributed by atoms with Gasteiger partial charge in [0.2, 0.25) is 0 Å². The Hall–Kier alpha value is -4.21. The third-order valence-electron chi connectivity index (χ3n) is 8.28. The first-order chi connectivity index (χ1) is 18.8. The molecule has 0 aliphatic carbocycles. The van der Waals surface area contributed by atoms with Gasteiger partial charge in [0.1, 0.15) is 0 Å². The molecule has 0 spiro atoms. The third kappa shape index (κ3) is 3.57. The van der Waals surface area contributed by atoms with Gasteiger partial charge >= 0.3 is 0 Å². The van der Waals surface area contributed by atoms with Crippen LogP contribution in [0.3, 0.4) is 0 Å². The maximum Gasteiger partial charge on any atom is 0.195 e. The van der Waals surface area contributed by atoms with Crippen LogP contribution in [0.2, 0.25) is 0 Å². The lowest BCUT2D eigenvalue weighted by Crippen LogP contribution is -2.31. The molecule has 0 bridgehead atoms. The molecule has 5 aromatic carbocycles. The summed E-state index contributed by atoms with van der Waals surface area (Å²) in [7, 11) is 0. The Bertz CT molecular complexity index is 1940. The molecule has 0 saturated carbocycles. The van der Waals surface area contributed by atoms with Crippen LogP contribution in [0, 0.1) is 13.8 Å². The summed E-state index contributed by atoms with van der Waals surface area (Å²) in [6, 6.07) is 36.2. The van der Waals surface area contributed by atoms with E-state index in [9.17, 15) is 4.79 Å². The van der Waals surface area contributed by atoms with Crippen LogP contribution in [-0.4, -0.2) is 0 Å². The molecule has 1 aliphatic heterocycles. The molecular weight excluding hydrogens is 494 g/mol. The van der Waals surface area contributed by atoms with E-state index in [0.29, 0.717) is 0 Å². The van der Waals surface area contributed by atoms with Gasteiger partial charge in [-0.25, -0.2) is 0 Å². The van der Waals surface area contributed by atoms with E-state index < -0.39 is 0 Å². The fraction of sp³-hybridized carbons (Fsp3) is 0.139. The number of rotatable bonds is 2. The largest absolute Gasteiger partial charge is 0.309 e. The first kappa shape index (κ1) is 23.9. The SMILES string of the molecule is Cc1cccc2c1N(c1cccc(-c3ccc4sc5ccccc5c(=O)c4c3)c1)c1c(C)cccc1C2(C)C. The average Bonchev–Trinajstić information content (AvgIpc) is 2.94. The van der Waals surface area contributed by atoms with Gasteiger partial charge in [0.15, 0.2) is 5.43 Å². The molecule has 39 heavy (non-hydrogen) atoms. The zero-order valence-electron chi connectivity index (χ0n) is 22.6. The van der Waals surface area contributed by atoms with Crippen LogP contribution in [0.1, 0.15) is 36.1 Å². The Morgan fingerprint density at radius 1 is 0.615 bits per heavy atom. The Labute approximate surface area is 232 Å². The monoisotopic (exact) mass is 523 g/mol. The average molecular weight is 524 g/mol. The number of para-hydroxylation sites is 2. The highest BCUT2D eigenvalue weighted by Crippen LogP contribution is 2.54. The number of hydrogen-bond acceptors (Lipinski definition) is 3. The summed E-state index contributed by atoms with van der Waals surface area (Å²) < 4.78 is 2.05. The van der Waals surface area contributed by atoms with Crippen molar-refractivity contribution in [2.24, 2.45) is 0 Å². The summed E-state index contributed by atoms with van der Waals surface area (Å²) in [5, 5.41) is 1.57. The lowest BCUT2D eigenvalue weighted by molar-refractivity contribution is 0.630. The van der Waals surface area contributed by atoms with Gasteiger partial charge in [-0.1, -0.05) is 80.6 Å². The first-order valence-corrected chi connectivity index (χ1v) is 14.2. The summed E-state index contributed by atoms with van der Waals surface area (Å²) in [5.74, 6) is 0. The second kappa shape index (κ2) is 8.65. The van der Waals surface area contributed by atoms with Crippen molar-refractivity contribution < 1.29 is 0 Å². The Morgan fingerprint density at radius 3 is 1.95 bits per heavy atom. The van der Waals surface area contributed by atoms with Gasteiger partial charge in [0.25, 0.3) is 0 Å². The van der Waals surface area contributed by atoms with E-state index in [4.69, 9.17) is 0 Å². The minimum absolute atomic E-state index is 0.102. The number of nitrogens with zero attached hydrogens (tertiary/aromatic N) is 1. The summed E-state index contributed by atoms with van der Waals surface area (Å²) in [5.41, 5.74) is 11.0. The van der Waals surface area contributed by atoms with Crippen molar-refractivity contribution in [3.8, 4) is 11.1 Å². The highest BCUT2D eigenvalue weighted by molar-refractivity contribution is 7.24. The molecule has 3 heteroatoms. The first-order valence-electron chi connectivity index (χ1n) is 13.4. The normalized spacial score (nSPS) is 13.9. The molecule has 0 fully saturated rings. The van der Waals surface area contributed by atoms with E-state index in [1.807, 2.05) is 24.3 Å². The number of anilines is 3. The second-order valence-electron chi connectivity index (χ2n) is 11.1. The van der Waals surface area contributed by atoms with E-state index in [-0.39, 0.29) is 10.8 Å². The number of benzene rings is 5. The summed E-state index contributed by atoms with van der Waals surface area (Å²) in [6.07, 6.45) is 0. The fourth-order valence-electron chi connectivity index (χ4n) is 6.24. The Balaban J connectivity index is 1.44. The lowest BCUT2D eigenvalue weighted by Gasteiger charge is -2.43. The van der Waals surface area contributed by atoms with E-state index in [1.54, 1.807) is 11.3 Å². The van der Waals surface area contributed by atoms with Gasteiger partial charge in [-0.3, -0.25) is 4.79 Å². The Morgan fingerprint density at radius 2 is 1.23 bits per heavy atom. The van der Waals surface area contributed by atoms with Crippen molar-refractivity contribution in [1.29, 1.82) is 0 Å². The molecule has 190 valence electrons. The van der Waals surface area contributed by atoms with Crippen molar-refractivity contribution in [3.05, 3.63) is 136 Å². The van der Waals surface area contributed by atoms with Gasteiger partial charge in [-0.15, -0.1) is 11.3 Å². The predicted octanol–water partition coefficient (Wildman–Crippen LogP) is 9.81. The summed E-state index contributed by atoms with van der Waals surface area (Å²) in [4.78, 5) is 15.8. The quantitative estimate of drug-likeness (QED) is 0.211. The molecule has 0 saturated heterocycles. The van der Waals surface area contributed by atoms with Crippen molar-refractivity contribution in [2.45, 2.75) is 33.1 Å². The maximum atomic E-state index is 13.4. The maximum absolute atomic E-state index is 13.4. The van der Waals surface area contributed by atoms with Crippen LogP contribution in [0.25, 0.3) is 31.3 Å². The van der Waals surface area contributed by atoms with Crippen LogP contribution < -0.4 is 10.3 Å². The molecule has 0 N–H and O–H groups in total. The molecule has 6 aromatic rings. The molecule has 1 aliphatic rings. The van der Waals surface area contributed by atoms with Gasteiger partial charge in [-0.05, 0) is 83.6 Å². The van der Waals surface area contributed by atoms with E-state index >= 15 is 0 Å². The highest BCUT2D eigenvalue weighted by atomic mass is 32.1. The van der Waals surface area contributed by atoms with E-state index in [1.165, 1.54) is 33.6 Å². The summed E-state index contributed by atoms with van der Waals surface area (Å²) >= 11 is 1.67. The molecule has 0 amide bonds. The van der Waals surface area contributed by atoms with Crippen molar-refractivity contribution >= 4 is 48.6 Å². The fourth-order valence-corrected chi connectivity index (χ4v) is 7.29. The van der Waals surface area contributed by atoms with Crippen molar-refractivity contribution in [3.63, 3.8) is 0 Å². The molecule has 1 aromatic heterocycles. The van der Waals surface area contributed by atoms with Crippen LogP contribution in [-0.2, 0) is 5.41 Å². The zero-order chi connectivity index (χ0) is 26.9. The molecule has 0 atom stereocenters. The van der Waals surface area contributed by atoms with Crippen LogP contribution in [0.4, 0.5) is 17.1 Å². The third-order valence-corrected chi connectivity index (χ3v) is 9.43. The van der Waals surface area contributed by atoms with Crippen molar-refractivity contribution in [1.82, 2.24) is 0 Å². The standard InChI is InChI=1S/C36H29NOS/c1-22-10-7-15-29-33(22)37(34-23(2)11-8-16-30(34)36(29,3)4)26-13-9-12-24(20-26)25-18-19-32-28(21-25)35(38)27-14-5-6-17-31(27)39-32/h5-21H,1-4H3.